The van der Waals surface area contributed by atoms with E-state index in [1.54, 1.807) is 18.2 Å². The van der Waals surface area contributed by atoms with E-state index in [0.717, 1.165) is 16.8 Å². The third-order valence-corrected chi connectivity index (χ3v) is 5.19. The summed E-state index contributed by atoms with van der Waals surface area (Å²) >= 11 is 6.39. The number of anilines is 3. The van der Waals surface area contributed by atoms with E-state index in [1.807, 2.05) is 54.6 Å². The van der Waals surface area contributed by atoms with Crippen molar-refractivity contribution in [1.29, 1.82) is 0 Å². The molecule has 0 saturated heterocycles. The molecule has 29 heavy (non-hydrogen) atoms. The molecule has 0 aliphatic carbocycles. The van der Waals surface area contributed by atoms with Crippen molar-refractivity contribution in [3.8, 4) is 0 Å². The summed E-state index contributed by atoms with van der Waals surface area (Å²) in [6, 6.07) is 22.7. The highest BCUT2D eigenvalue weighted by Crippen LogP contribution is 2.33. The highest BCUT2D eigenvalue weighted by Gasteiger charge is 2.30. The summed E-state index contributed by atoms with van der Waals surface area (Å²) in [5.74, 6) is -0.926. The van der Waals surface area contributed by atoms with E-state index in [1.165, 1.54) is 0 Å². The summed E-state index contributed by atoms with van der Waals surface area (Å²) in [7, 11) is 0. The van der Waals surface area contributed by atoms with Crippen LogP contribution in [0.1, 0.15) is 23.5 Å². The van der Waals surface area contributed by atoms with E-state index in [0.29, 0.717) is 22.9 Å². The fourth-order valence-corrected chi connectivity index (χ4v) is 3.65. The lowest BCUT2D eigenvalue weighted by Gasteiger charge is -2.24. The molecule has 1 aliphatic heterocycles. The topological polar surface area (TPSA) is 70.2 Å². The number of amides is 2. The second kappa shape index (κ2) is 8.37. The van der Waals surface area contributed by atoms with Crippen LogP contribution in [0.15, 0.2) is 72.8 Å². The first-order valence-electron chi connectivity index (χ1n) is 9.37. The fraction of sp³-hybridized carbons (Fsp3) is 0.130. The highest BCUT2D eigenvalue weighted by atomic mass is 35.5. The number of halogens is 1. The fourth-order valence-electron chi connectivity index (χ4n) is 3.40. The van der Waals surface area contributed by atoms with Crippen molar-refractivity contribution in [1.82, 2.24) is 0 Å². The molecule has 3 N–H and O–H groups in total. The Kier molecular flexibility index (Phi) is 5.49. The predicted molar refractivity (Wildman–Crippen MR) is 116 cm³/mol. The molecule has 1 atom stereocenters. The van der Waals surface area contributed by atoms with Gasteiger partial charge in [0.15, 0.2) is 0 Å². The molecule has 1 unspecified atom stereocenters. The van der Waals surface area contributed by atoms with Crippen LogP contribution in [0.2, 0.25) is 5.02 Å². The first kappa shape index (κ1) is 19.0. The normalized spacial score (nSPS) is 15.2. The summed E-state index contributed by atoms with van der Waals surface area (Å²) in [5, 5.41) is 9.50. The Morgan fingerprint density at radius 3 is 2.59 bits per heavy atom. The van der Waals surface area contributed by atoms with E-state index in [2.05, 4.69) is 16.0 Å². The third kappa shape index (κ3) is 4.41. The van der Waals surface area contributed by atoms with E-state index < -0.39 is 5.92 Å². The number of para-hydroxylation sites is 1. The number of carbonyl (C=O) groups is 2. The second-order valence-corrected chi connectivity index (χ2v) is 7.32. The van der Waals surface area contributed by atoms with Crippen LogP contribution in [0.25, 0.3) is 0 Å². The minimum absolute atomic E-state index is 0.118. The molecule has 0 spiro atoms. The third-order valence-electron chi connectivity index (χ3n) is 4.88. The van der Waals surface area contributed by atoms with Crippen molar-refractivity contribution in [3.63, 3.8) is 0 Å². The summed E-state index contributed by atoms with van der Waals surface area (Å²) in [6.45, 7) is 0.653. The van der Waals surface area contributed by atoms with E-state index in [4.69, 9.17) is 11.6 Å². The zero-order valence-corrected chi connectivity index (χ0v) is 16.4. The van der Waals surface area contributed by atoms with Crippen LogP contribution < -0.4 is 16.0 Å². The number of rotatable bonds is 5. The first-order chi connectivity index (χ1) is 14.1. The molecule has 0 bridgehead atoms. The molecular weight excluding hydrogens is 386 g/mol. The average molecular weight is 406 g/mol. The minimum Gasteiger partial charge on any atom is -0.380 e. The molecule has 146 valence electrons. The van der Waals surface area contributed by atoms with Crippen LogP contribution in [0.3, 0.4) is 0 Å². The molecule has 6 heteroatoms. The van der Waals surface area contributed by atoms with Crippen LogP contribution in [-0.2, 0) is 16.1 Å². The number of nitrogens with one attached hydrogen (secondary N) is 3. The summed E-state index contributed by atoms with van der Waals surface area (Å²) in [5.41, 5.74) is 4.03. The number of hydrogen-bond acceptors (Lipinski definition) is 3. The smallest absolute Gasteiger partial charge is 0.232 e. The number of hydrogen-bond donors (Lipinski definition) is 3. The summed E-state index contributed by atoms with van der Waals surface area (Å²) in [4.78, 5) is 24.8. The first-order valence-corrected chi connectivity index (χ1v) is 9.75. The molecule has 4 rings (SSSR count). The van der Waals surface area contributed by atoms with Gasteiger partial charge in [0.1, 0.15) is 0 Å². The van der Waals surface area contributed by atoms with Gasteiger partial charge in [-0.2, -0.15) is 0 Å². The average Bonchev–Trinajstić information content (AvgIpc) is 2.73. The van der Waals surface area contributed by atoms with E-state index in [-0.39, 0.29) is 18.2 Å². The molecule has 3 aromatic carbocycles. The molecule has 0 saturated carbocycles. The van der Waals surface area contributed by atoms with Crippen LogP contribution >= 0.6 is 11.6 Å². The Labute approximate surface area is 174 Å². The van der Waals surface area contributed by atoms with Gasteiger partial charge < -0.3 is 16.0 Å². The molecule has 2 amide bonds. The lowest BCUT2D eigenvalue weighted by molar-refractivity contribution is -0.123. The highest BCUT2D eigenvalue weighted by molar-refractivity contribution is 6.33. The van der Waals surface area contributed by atoms with Crippen LogP contribution in [0, 0.1) is 0 Å². The molecule has 3 aromatic rings. The lowest BCUT2D eigenvalue weighted by Crippen LogP contribution is -2.30. The van der Waals surface area contributed by atoms with Crippen LogP contribution in [0.5, 0.6) is 0 Å². The molecule has 1 aliphatic rings. The molecule has 1 heterocycles. The standard InChI is InChI=1S/C23H20ClN3O2/c24-19-12-16(10-11-21(19)25-14-15-6-2-1-3-7-15)26-23(29)18-13-22(28)27-20-9-5-4-8-17(18)20/h1-12,18,25H,13-14H2,(H,26,29)(H,27,28). The molecular formula is C23H20ClN3O2. The van der Waals surface area contributed by atoms with Gasteiger partial charge in [0, 0.05) is 24.3 Å². The molecule has 0 aromatic heterocycles. The zero-order chi connectivity index (χ0) is 20.2. The number of carbonyl (C=O) groups excluding carboxylic acids is 2. The number of benzene rings is 3. The van der Waals surface area contributed by atoms with Gasteiger partial charge >= 0.3 is 0 Å². The van der Waals surface area contributed by atoms with Gasteiger partial charge in [0.05, 0.1) is 16.6 Å². The Morgan fingerprint density at radius 1 is 1.03 bits per heavy atom. The van der Waals surface area contributed by atoms with Crippen molar-refractivity contribution < 1.29 is 9.59 Å². The molecule has 0 radical (unpaired) electrons. The Balaban J connectivity index is 1.45. The van der Waals surface area contributed by atoms with Crippen molar-refractivity contribution in [2.24, 2.45) is 0 Å². The molecule has 5 nitrogen and oxygen atoms in total. The number of fused-ring (bicyclic) bond motifs is 1. The Morgan fingerprint density at radius 2 is 1.79 bits per heavy atom. The van der Waals surface area contributed by atoms with Crippen molar-refractivity contribution in [3.05, 3.63) is 88.9 Å². The van der Waals surface area contributed by atoms with E-state index in [9.17, 15) is 9.59 Å². The largest absolute Gasteiger partial charge is 0.380 e. The van der Waals surface area contributed by atoms with Crippen molar-refractivity contribution in [2.45, 2.75) is 18.9 Å². The Hall–Kier alpha value is -3.31. The summed E-state index contributed by atoms with van der Waals surface area (Å²) < 4.78 is 0. The van der Waals surface area contributed by atoms with Gasteiger partial charge in [-0.1, -0.05) is 60.1 Å². The van der Waals surface area contributed by atoms with Gasteiger partial charge in [-0.15, -0.1) is 0 Å². The maximum Gasteiger partial charge on any atom is 0.232 e. The van der Waals surface area contributed by atoms with Gasteiger partial charge in [-0.3, -0.25) is 9.59 Å². The van der Waals surface area contributed by atoms with Gasteiger partial charge in [-0.05, 0) is 35.4 Å². The maximum absolute atomic E-state index is 12.8. The SMILES string of the molecule is O=C1CC(C(=O)Nc2ccc(NCc3ccccc3)c(Cl)c2)c2ccccc2N1. The zero-order valence-electron chi connectivity index (χ0n) is 15.6. The van der Waals surface area contributed by atoms with Crippen molar-refractivity contribution in [2.75, 3.05) is 16.0 Å². The van der Waals surface area contributed by atoms with Crippen molar-refractivity contribution >= 4 is 40.5 Å². The Bertz CT molecular complexity index is 1050. The maximum atomic E-state index is 12.8. The quantitative estimate of drug-likeness (QED) is 0.558. The van der Waals surface area contributed by atoms with E-state index >= 15 is 0 Å². The van der Waals surface area contributed by atoms with Gasteiger partial charge in [0.2, 0.25) is 11.8 Å². The van der Waals surface area contributed by atoms with Crippen LogP contribution in [0.4, 0.5) is 17.1 Å². The predicted octanol–water partition coefficient (Wildman–Crippen LogP) is 5.02. The second-order valence-electron chi connectivity index (χ2n) is 6.92. The molecule has 0 fully saturated rings. The van der Waals surface area contributed by atoms with Crippen LogP contribution in [-0.4, -0.2) is 11.8 Å². The summed E-state index contributed by atoms with van der Waals surface area (Å²) in [6.07, 6.45) is 0.118. The lowest BCUT2D eigenvalue weighted by atomic mass is 9.90. The van der Waals surface area contributed by atoms with Gasteiger partial charge in [0.25, 0.3) is 0 Å². The van der Waals surface area contributed by atoms with Gasteiger partial charge in [-0.25, -0.2) is 0 Å². The monoisotopic (exact) mass is 405 g/mol. The minimum atomic E-state index is -0.533.